The topological polar surface area (TPSA) is 72.6 Å². The van der Waals surface area contributed by atoms with Crippen LogP contribution in [0.3, 0.4) is 0 Å². The summed E-state index contributed by atoms with van der Waals surface area (Å²) in [6.07, 6.45) is 1.50. The van der Waals surface area contributed by atoms with Gasteiger partial charge in [-0.05, 0) is 19.8 Å². The Labute approximate surface area is 104 Å². The molecule has 0 aromatic heterocycles. The predicted octanol–water partition coefficient (Wildman–Crippen LogP) is 0.196. The summed E-state index contributed by atoms with van der Waals surface area (Å²) in [5.41, 5.74) is 5.73. The summed E-state index contributed by atoms with van der Waals surface area (Å²) in [4.78, 5) is 0. The Bertz CT molecular complexity index is 289. The zero-order chi connectivity index (χ0) is 11.5. The zero-order valence-electron chi connectivity index (χ0n) is 9.76. The third kappa shape index (κ3) is 3.85. The molecule has 98 valence electrons. The fraction of sp³-hybridized carbons (Fsp3) is 1.00. The standard InChI is InChI=1S/C9H20N2O3S.ClH/c1-8(7-14-2)15(12,13)11-5-3-9(10)4-6-11;/h8-9H,3-7,10H2,1-2H3;1H. The number of halogens is 1. The highest BCUT2D eigenvalue weighted by Crippen LogP contribution is 2.16. The summed E-state index contributed by atoms with van der Waals surface area (Å²) in [6.45, 7) is 2.99. The van der Waals surface area contributed by atoms with Gasteiger partial charge < -0.3 is 10.5 Å². The Kier molecular flexibility index (Phi) is 6.81. The van der Waals surface area contributed by atoms with Crippen LogP contribution in [0.4, 0.5) is 0 Å². The Morgan fingerprint density at radius 2 is 1.94 bits per heavy atom. The van der Waals surface area contributed by atoms with E-state index < -0.39 is 15.3 Å². The van der Waals surface area contributed by atoms with Crippen LogP contribution in [-0.2, 0) is 14.8 Å². The first-order chi connectivity index (χ1) is 6.98. The van der Waals surface area contributed by atoms with Crippen molar-refractivity contribution in [3.8, 4) is 0 Å². The van der Waals surface area contributed by atoms with Crippen molar-refractivity contribution >= 4 is 22.4 Å². The van der Waals surface area contributed by atoms with Gasteiger partial charge in [-0.2, -0.15) is 0 Å². The first-order valence-corrected chi connectivity index (χ1v) is 6.72. The van der Waals surface area contributed by atoms with Crippen LogP contribution in [0.2, 0.25) is 0 Å². The van der Waals surface area contributed by atoms with Crippen LogP contribution >= 0.6 is 12.4 Å². The molecule has 7 heteroatoms. The number of ether oxygens (including phenoxy) is 1. The van der Waals surface area contributed by atoms with E-state index in [1.54, 1.807) is 6.92 Å². The molecule has 0 aromatic rings. The fourth-order valence-corrected chi connectivity index (χ4v) is 3.24. The maximum absolute atomic E-state index is 12.0. The smallest absolute Gasteiger partial charge is 0.218 e. The highest BCUT2D eigenvalue weighted by atomic mass is 35.5. The Morgan fingerprint density at radius 1 is 1.44 bits per heavy atom. The first kappa shape index (κ1) is 16.1. The Hall–Kier alpha value is 0.120. The zero-order valence-corrected chi connectivity index (χ0v) is 11.4. The van der Waals surface area contributed by atoms with E-state index in [0.29, 0.717) is 13.1 Å². The molecule has 0 aliphatic carbocycles. The van der Waals surface area contributed by atoms with Gasteiger partial charge in [-0.3, -0.25) is 0 Å². The molecular formula is C9H21ClN2O3S. The van der Waals surface area contributed by atoms with Crippen molar-refractivity contribution in [2.75, 3.05) is 26.8 Å². The van der Waals surface area contributed by atoms with E-state index in [9.17, 15) is 8.42 Å². The lowest BCUT2D eigenvalue weighted by Gasteiger charge is -2.31. The van der Waals surface area contributed by atoms with Crippen LogP contribution in [0.5, 0.6) is 0 Å². The van der Waals surface area contributed by atoms with Crippen LogP contribution in [0, 0.1) is 0 Å². The number of rotatable bonds is 4. The molecule has 0 amide bonds. The van der Waals surface area contributed by atoms with Crippen molar-refractivity contribution in [2.24, 2.45) is 5.73 Å². The van der Waals surface area contributed by atoms with Gasteiger partial charge in [0.25, 0.3) is 0 Å². The molecule has 1 atom stereocenters. The summed E-state index contributed by atoms with van der Waals surface area (Å²) in [7, 11) is -1.68. The first-order valence-electron chi connectivity index (χ1n) is 5.22. The molecule has 1 rings (SSSR count). The molecule has 0 spiro atoms. The second kappa shape index (κ2) is 6.76. The van der Waals surface area contributed by atoms with Crippen molar-refractivity contribution in [1.29, 1.82) is 0 Å². The quantitative estimate of drug-likeness (QED) is 0.793. The molecule has 1 saturated heterocycles. The van der Waals surface area contributed by atoms with Crippen LogP contribution in [0.25, 0.3) is 0 Å². The van der Waals surface area contributed by atoms with Gasteiger partial charge >= 0.3 is 0 Å². The Morgan fingerprint density at radius 3 is 2.38 bits per heavy atom. The molecule has 0 saturated carbocycles. The van der Waals surface area contributed by atoms with E-state index in [4.69, 9.17) is 10.5 Å². The number of hydrogen-bond donors (Lipinski definition) is 1. The minimum absolute atomic E-state index is 0. The SMILES string of the molecule is COCC(C)S(=O)(=O)N1CCC(N)CC1.Cl. The number of nitrogens with zero attached hydrogens (tertiary/aromatic N) is 1. The third-order valence-electron chi connectivity index (χ3n) is 2.77. The van der Waals surface area contributed by atoms with E-state index in [1.165, 1.54) is 11.4 Å². The molecule has 1 aliphatic rings. The second-order valence-corrected chi connectivity index (χ2v) is 6.40. The molecule has 0 bridgehead atoms. The van der Waals surface area contributed by atoms with Crippen molar-refractivity contribution < 1.29 is 13.2 Å². The van der Waals surface area contributed by atoms with E-state index in [1.807, 2.05) is 0 Å². The average Bonchev–Trinajstić information content (AvgIpc) is 2.18. The molecule has 0 radical (unpaired) electrons. The van der Waals surface area contributed by atoms with Gasteiger partial charge in [0.1, 0.15) is 0 Å². The molecule has 1 unspecified atom stereocenters. The highest BCUT2D eigenvalue weighted by Gasteiger charge is 2.31. The van der Waals surface area contributed by atoms with Gasteiger partial charge in [0, 0.05) is 26.2 Å². The summed E-state index contributed by atoms with van der Waals surface area (Å²) in [5, 5.41) is -0.475. The highest BCUT2D eigenvalue weighted by molar-refractivity contribution is 7.89. The van der Waals surface area contributed by atoms with E-state index >= 15 is 0 Å². The lowest BCUT2D eigenvalue weighted by Crippen LogP contribution is -2.46. The Balaban J connectivity index is 0.00000225. The normalized spacial score (nSPS) is 21.4. The monoisotopic (exact) mass is 272 g/mol. The molecule has 1 aliphatic heterocycles. The summed E-state index contributed by atoms with van der Waals surface area (Å²) in [6, 6.07) is 0.147. The van der Waals surface area contributed by atoms with Gasteiger partial charge in [-0.1, -0.05) is 0 Å². The second-order valence-electron chi connectivity index (χ2n) is 4.05. The maximum atomic E-state index is 12.0. The van der Waals surface area contributed by atoms with Crippen LogP contribution in [-0.4, -0.2) is 50.8 Å². The van der Waals surface area contributed by atoms with Gasteiger partial charge in [0.2, 0.25) is 10.0 Å². The number of hydrogen-bond acceptors (Lipinski definition) is 4. The molecular weight excluding hydrogens is 252 g/mol. The van der Waals surface area contributed by atoms with Crippen molar-refractivity contribution in [3.63, 3.8) is 0 Å². The predicted molar refractivity (Wildman–Crippen MR) is 66.3 cm³/mol. The minimum atomic E-state index is -3.19. The minimum Gasteiger partial charge on any atom is -0.383 e. The van der Waals surface area contributed by atoms with E-state index in [0.717, 1.165) is 12.8 Å². The van der Waals surface area contributed by atoms with Crippen molar-refractivity contribution in [3.05, 3.63) is 0 Å². The lowest BCUT2D eigenvalue weighted by molar-refractivity contribution is 0.197. The number of sulfonamides is 1. The van der Waals surface area contributed by atoms with Crippen LogP contribution in [0.15, 0.2) is 0 Å². The molecule has 1 heterocycles. The van der Waals surface area contributed by atoms with Gasteiger partial charge in [0.15, 0.2) is 0 Å². The van der Waals surface area contributed by atoms with Crippen molar-refractivity contribution in [2.45, 2.75) is 31.1 Å². The van der Waals surface area contributed by atoms with Crippen LogP contribution < -0.4 is 5.73 Å². The fourth-order valence-electron chi connectivity index (χ4n) is 1.71. The molecule has 2 N–H and O–H groups in total. The summed E-state index contributed by atoms with van der Waals surface area (Å²) >= 11 is 0. The number of nitrogens with two attached hydrogens (primary N) is 1. The van der Waals surface area contributed by atoms with Gasteiger partial charge in [-0.15, -0.1) is 12.4 Å². The van der Waals surface area contributed by atoms with E-state index in [2.05, 4.69) is 0 Å². The van der Waals surface area contributed by atoms with Gasteiger partial charge in [-0.25, -0.2) is 12.7 Å². The summed E-state index contributed by atoms with van der Waals surface area (Å²) in [5.74, 6) is 0. The largest absolute Gasteiger partial charge is 0.383 e. The lowest BCUT2D eigenvalue weighted by atomic mass is 10.1. The number of methoxy groups -OCH3 is 1. The maximum Gasteiger partial charge on any atom is 0.218 e. The third-order valence-corrected chi connectivity index (χ3v) is 5.01. The molecule has 1 fully saturated rings. The summed E-state index contributed by atoms with van der Waals surface area (Å²) < 4.78 is 30.4. The molecule has 5 nitrogen and oxygen atoms in total. The molecule has 16 heavy (non-hydrogen) atoms. The average molecular weight is 273 g/mol. The molecule has 0 aromatic carbocycles. The van der Waals surface area contributed by atoms with Crippen LogP contribution in [0.1, 0.15) is 19.8 Å². The number of piperidine rings is 1. The van der Waals surface area contributed by atoms with Gasteiger partial charge in [0.05, 0.1) is 11.9 Å². The van der Waals surface area contributed by atoms with Crippen molar-refractivity contribution in [1.82, 2.24) is 4.31 Å². The van der Waals surface area contributed by atoms with E-state index in [-0.39, 0.29) is 25.1 Å².